The molecule has 15 heavy (non-hydrogen) atoms. The van der Waals surface area contributed by atoms with E-state index in [9.17, 15) is 5.11 Å². The molecule has 0 aromatic heterocycles. The first kappa shape index (κ1) is 11.3. The number of benzene rings is 1. The maximum atomic E-state index is 9.45. The highest BCUT2D eigenvalue weighted by molar-refractivity contribution is 5.80. The summed E-state index contributed by atoms with van der Waals surface area (Å²) in [5.74, 6) is 0.499. The van der Waals surface area contributed by atoms with Crippen molar-refractivity contribution in [3.63, 3.8) is 0 Å². The number of phenolic OH excluding ortho intramolecular Hbond substituents is 1. The van der Waals surface area contributed by atoms with Crippen molar-refractivity contribution in [1.82, 2.24) is 5.43 Å². The van der Waals surface area contributed by atoms with Gasteiger partial charge in [0.1, 0.15) is 0 Å². The van der Waals surface area contributed by atoms with Gasteiger partial charge in [-0.05, 0) is 23.8 Å². The number of nitrogens with zero attached hydrogens (tertiary/aromatic N) is 1. The van der Waals surface area contributed by atoms with Crippen LogP contribution in [0, 0.1) is 0 Å². The van der Waals surface area contributed by atoms with Crippen molar-refractivity contribution in [2.45, 2.75) is 0 Å². The molecule has 0 radical (unpaired) electrons. The van der Waals surface area contributed by atoms with Crippen LogP contribution < -0.4 is 10.2 Å². The quantitative estimate of drug-likeness (QED) is 0.371. The Hall–Kier alpha value is -1.75. The van der Waals surface area contributed by atoms with Crippen LogP contribution in [0.15, 0.2) is 23.3 Å². The second-order valence-corrected chi connectivity index (χ2v) is 2.82. The van der Waals surface area contributed by atoms with Crippen molar-refractivity contribution < 1.29 is 14.9 Å². The summed E-state index contributed by atoms with van der Waals surface area (Å²) in [6.45, 7) is 0.434. The molecule has 0 bridgehead atoms. The van der Waals surface area contributed by atoms with E-state index >= 15 is 0 Å². The maximum absolute atomic E-state index is 9.45. The van der Waals surface area contributed by atoms with Gasteiger partial charge in [-0.1, -0.05) is 0 Å². The second-order valence-electron chi connectivity index (χ2n) is 2.82. The van der Waals surface area contributed by atoms with Crippen LogP contribution in [0.4, 0.5) is 0 Å². The molecule has 1 aromatic carbocycles. The van der Waals surface area contributed by atoms with Crippen molar-refractivity contribution in [2.75, 3.05) is 20.3 Å². The van der Waals surface area contributed by atoms with Gasteiger partial charge in [0, 0.05) is 0 Å². The molecule has 0 amide bonds. The molecule has 0 saturated heterocycles. The summed E-state index contributed by atoms with van der Waals surface area (Å²) in [5.41, 5.74) is 3.39. The van der Waals surface area contributed by atoms with Gasteiger partial charge in [0.15, 0.2) is 11.5 Å². The number of hydrazone groups is 1. The average Bonchev–Trinajstić information content (AvgIpc) is 2.25. The normalized spacial score (nSPS) is 10.5. The van der Waals surface area contributed by atoms with Crippen molar-refractivity contribution in [3.8, 4) is 11.5 Å². The Labute approximate surface area is 88.0 Å². The molecular weight excluding hydrogens is 196 g/mol. The van der Waals surface area contributed by atoms with Crippen LogP contribution in [0.1, 0.15) is 5.56 Å². The second kappa shape index (κ2) is 5.87. The van der Waals surface area contributed by atoms with Crippen LogP contribution in [-0.4, -0.2) is 36.7 Å². The first-order valence-electron chi connectivity index (χ1n) is 4.51. The summed E-state index contributed by atoms with van der Waals surface area (Å²) in [5, 5.41) is 21.8. The Morgan fingerprint density at radius 1 is 1.53 bits per heavy atom. The standard InChI is InChI=1S/C10H14N2O3/c1-15-10-3-2-8(6-9(10)14)7-12-11-4-5-13/h2-3,6-7,11,13-14H,4-5H2,1H3. The lowest BCUT2D eigenvalue weighted by molar-refractivity contribution is 0.294. The smallest absolute Gasteiger partial charge is 0.160 e. The Kier molecular flexibility index (Phi) is 4.43. The fourth-order valence-electron chi connectivity index (χ4n) is 1.02. The maximum Gasteiger partial charge on any atom is 0.160 e. The van der Waals surface area contributed by atoms with Gasteiger partial charge in [-0.3, -0.25) is 0 Å². The summed E-state index contributed by atoms with van der Waals surface area (Å²) in [4.78, 5) is 0. The molecule has 5 nitrogen and oxygen atoms in total. The van der Waals surface area contributed by atoms with E-state index in [2.05, 4.69) is 10.5 Å². The van der Waals surface area contributed by atoms with Crippen molar-refractivity contribution in [2.24, 2.45) is 5.10 Å². The van der Waals surface area contributed by atoms with Gasteiger partial charge in [0.05, 0.1) is 26.5 Å². The van der Waals surface area contributed by atoms with Crippen LogP contribution in [-0.2, 0) is 0 Å². The molecule has 0 aliphatic rings. The lowest BCUT2D eigenvalue weighted by Gasteiger charge is -2.03. The molecule has 1 rings (SSSR count). The van der Waals surface area contributed by atoms with Gasteiger partial charge in [-0.2, -0.15) is 5.10 Å². The first-order chi connectivity index (χ1) is 7.27. The molecule has 0 unspecified atom stereocenters. The minimum atomic E-state index is 0.0329. The molecule has 0 saturated carbocycles. The largest absolute Gasteiger partial charge is 0.504 e. The molecule has 0 spiro atoms. The zero-order chi connectivity index (χ0) is 11.1. The molecule has 0 atom stereocenters. The first-order valence-corrected chi connectivity index (χ1v) is 4.51. The summed E-state index contributed by atoms with van der Waals surface area (Å²) >= 11 is 0. The third-order valence-electron chi connectivity index (χ3n) is 1.73. The highest BCUT2D eigenvalue weighted by atomic mass is 16.5. The molecule has 0 fully saturated rings. The van der Waals surface area contributed by atoms with Crippen LogP contribution in [0.3, 0.4) is 0 Å². The molecule has 1 aromatic rings. The average molecular weight is 210 g/mol. The Bertz CT molecular complexity index is 339. The molecule has 0 aliphatic carbocycles. The van der Waals surface area contributed by atoms with E-state index < -0.39 is 0 Å². The Morgan fingerprint density at radius 2 is 2.33 bits per heavy atom. The van der Waals surface area contributed by atoms with Gasteiger partial charge >= 0.3 is 0 Å². The van der Waals surface area contributed by atoms with Gasteiger partial charge in [0.25, 0.3) is 0 Å². The fourth-order valence-corrected chi connectivity index (χ4v) is 1.02. The number of aromatic hydroxyl groups is 1. The molecule has 5 heteroatoms. The highest BCUT2D eigenvalue weighted by Gasteiger charge is 2.00. The summed E-state index contributed by atoms with van der Waals surface area (Å²) in [6.07, 6.45) is 1.55. The third kappa shape index (κ3) is 3.47. The van der Waals surface area contributed by atoms with Crippen molar-refractivity contribution >= 4 is 6.21 Å². The number of aliphatic hydroxyl groups excluding tert-OH is 1. The SMILES string of the molecule is COc1ccc(C=NNCCO)cc1O. The topological polar surface area (TPSA) is 74.1 Å². The molecule has 82 valence electrons. The van der Waals surface area contributed by atoms with E-state index in [0.29, 0.717) is 12.3 Å². The van der Waals surface area contributed by atoms with Gasteiger partial charge in [-0.25, -0.2) is 0 Å². The van der Waals surface area contributed by atoms with E-state index in [1.165, 1.54) is 7.11 Å². The number of phenols is 1. The van der Waals surface area contributed by atoms with Gasteiger partial charge in [-0.15, -0.1) is 0 Å². The van der Waals surface area contributed by atoms with E-state index in [1.54, 1.807) is 24.4 Å². The van der Waals surface area contributed by atoms with E-state index in [-0.39, 0.29) is 12.4 Å². The summed E-state index contributed by atoms with van der Waals surface area (Å²) < 4.78 is 4.90. The zero-order valence-electron chi connectivity index (χ0n) is 8.47. The van der Waals surface area contributed by atoms with Crippen molar-refractivity contribution in [3.05, 3.63) is 23.8 Å². The van der Waals surface area contributed by atoms with Crippen LogP contribution in [0.25, 0.3) is 0 Å². The van der Waals surface area contributed by atoms with E-state index in [4.69, 9.17) is 9.84 Å². The number of aliphatic hydroxyl groups is 1. The zero-order valence-corrected chi connectivity index (χ0v) is 8.47. The highest BCUT2D eigenvalue weighted by Crippen LogP contribution is 2.25. The Balaban J connectivity index is 2.63. The minimum Gasteiger partial charge on any atom is -0.504 e. The molecule has 0 heterocycles. The number of ether oxygens (including phenoxy) is 1. The summed E-state index contributed by atoms with van der Waals surface area (Å²) in [7, 11) is 1.49. The third-order valence-corrected chi connectivity index (χ3v) is 1.73. The predicted molar refractivity (Wildman–Crippen MR) is 57.3 cm³/mol. The number of nitrogens with one attached hydrogen (secondary N) is 1. The number of hydrogen-bond donors (Lipinski definition) is 3. The molecule has 0 aliphatic heterocycles. The lowest BCUT2D eigenvalue weighted by atomic mass is 10.2. The number of methoxy groups -OCH3 is 1. The Morgan fingerprint density at radius 3 is 2.93 bits per heavy atom. The van der Waals surface area contributed by atoms with E-state index in [1.807, 2.05) is 0 Å². The number of hydrogen-bond acceptors (Lipinski definition) is 5. The van der Waals surface area contributed by atoms with Crippen LogP contribution >= 0.6 is 0 Å². The van der Waals surface area contributed by atoms with Crippen molar-refractivity contribution in [1.29, 1.82) is 0 Å². The summed E-state index contributed by atoms with van der Waals surface area (Å²) in [6, 6.07) is 4.97. The predicted octanol–water partition coefficient (Wildman–Crippen LogP) is 0.317. The monoisotopic (exact) mass is 210 g/mol. The van der Waals surface area contributed by atoms with Crippen LogP contribution in [0.5, 0.6) is 11.5 Å². The number of rotatable bonds is 5. The molecular formula is C10H14N2O3. The molecule has 3 N–H and O–H groups in total. The van der Waals surface area contributed by atoms with Crippen LogP contribution in [0.2, 0.25) is 0 Å². The van der Waals surface area contributed by atoms with Gasteiger partial charge in [0.2, 0.25) is 0 Å². The minimum absolute atomic E-state index is 0.0329. The van der Waals surface area contributed by atoms with Gasteiger partial charge < -0.3 is 20.4 Å². The van der Waals surface area contributed by atoms with E-state index in [0.717, 1.165) is 5.56 Å². The fraction of sp³-hybridized carbons (Fsp3) is 0.300. The lowest BCUT2D eigenvalue weighted by Crippen LogP contribution is -2.11.